The van der Waals surface area contributed by atoms with Crippen LogP contribution in [0.4, 0.5) is 13.2 Å². The zero-order valence-corrected chi connectivity index (χ0v) is 19.5. The highest BCUT2D eigenvalue weighted by Gasteiger charge is 2.31. The largest absolute Gasteiger partial charge is 0.416 e. The van der Waals surface area contributed by atoms with Crippen LogP contribution in [0.2, 0.25) is 5.02 Å². The average Bonchev–Trinajstić information content (AvgIpc) is 3.02. The Hall–Kier alpha value is -2.78. The summed E-state index contributed by atoms with van der Waals surface area (Å²) in [5.74, 6) is -0.782. The Balaban J connectivity index is 1.92. The minimum absolute atomic E-state index is 0.0163. The van der Waals surface area contributed by atoms with Crippen LogP contribution in [0.25, 0.3) is 10.9 Å². The number of carbonyl (C=O) groups is 1. The quantitative estimate of drug-likeness (QED) is 0.412. The van der Waals surface area contributed by atoms with E-state index in [2.05, 4.69) is 4.98 Å². The van der Waals surface area contributed by atoms with Gasteiger partial charge in [-0.2, -0.15) is 13.2 Å². The molecule has 0 aliphatic heterocycles. The number of aromatic nitrogens is 1. The third-order valence-corrected chi connectivity index (χ3v) is 6.47. The van der Waals surface area contributed by atoms with Crippen LogP contribution >= 0.6 is 11.6 Å². The van der Waals surface area contributed by atoms with Crippen molar-refractivity contribution in [2.24, 2.45) is 0 Å². The Morgan fingerprint density at radius 1 is 1.18 bits per heavy atom. The second-order valence-electron chi connectivity index (χ2n) is 7.61. The fourth-order valence-electron chi connectivity index (χ4n) is 3.39. The molecule has 176 valence electrons. The molecule has 3 aromatic rings. The van der Waals surface area contributed by atoms with Gasteiger partial charge >= 0.3 is 6.18 Å². The molecule has 2 N–H and O–H groups in total. The summed E-state index contributed by atoms with van der Waals surface area (Å²) in [5, 5.41) is 1.60. The van der Waals surface area contributed by atoms with Gasteiger partial charge in [0.25, 0.3) is 15.9 Å². The van der Waals surface area contributed by atoms with Gasteiger partial charge in [0, 0.05) is 39.0 Å². The summed E-state index contributed by atoms with van der Waals surface area (Å²) in [6, 6.07) is 7.88. The van der Waals surface area contributed by atoms with Gasteiger partial charge < -0.3 is 4.98 Å². The van der Waals surface area contributed by atoms with Crippen molar-refractivity contribution in [2.75, 3.05) is 0 Å². The molecule has 0 spiro atoms. The van der Waals surface area contributed by atoms with E-state index in [0.717, 1.165) is 35.2 Å². The number of sulfonamides is 1. The number of halogens is 4. The highest BCUT2D eigenvalue weighted by Crippen LogP contribution is 2.34. The summed E-state index contributed by atoms with van der Waals surface area (Å²) in [6.45, 7) is 3.70. The van der Waals surface area contributed by atoms with E-state index in [-0.39, 0.29) is 17.0 Å². The average molecular weight is 499 g/mol. The van der Waals surface area contributed by atoms with Crippen molar-refractivity contribution < 1.29 is 26.4 Å². The van der Waals surface area contributed by atoms with Crippen LogP contribution in [0.5, 0.6) is 0 Å². The van der Waals surface area contributed by atoms with Gasteiger partial charge in [-0.1, -0.05) is 37.1 Å². The Morgan fingerprint density at radius 3 is 2.55 bits per heavy atom. The number of hydrogen-bond acceptors (Lipinski definition) is 3. The van der Waals surface area contributed by atoms with E-state index in [4.69, 9.17) is 11.6 Å². The standard InChI is InChI=1S/C23H22ClF3N2O3S/c1-3-4-5-10-33(31,32)29-22(30)16-7-9-21-19(12-16)18(14(2)28-21)11-15-6-8-17(13-20(15)24)23(25,26)27/h5-10,12-13,28H,3-4,11H2,1-2H3,(H,29,30)/b10-5+. The number of alkyl halides is 3. The van der Waals surface area contributed by atoms with E-state index in [1.54, 1.807) is 19.1 Å². The fraction of sp³-hybridized carbons (Fsp3) is 0.261. The summed E-state index contributed by atoms with van der Waals surface area (Å²) in [6.07, 6.45) is -1.45. The summed E-state index contributed by atoms with van der Waals surface area (Å²) in [7, 11) is -3.93. The van der Waals surface area contributed by atoms with Crippen molar-refractivity contribution in [3.63, 3.8) is 0 Å². The van der Waals surface area contributed by atoms with Gasteiger partial charge in [-0.25, -0.2) is 13.1 Å². The summed E-state index contributed by atoms with van der Waals surface area (Å²) < 4.78 is 64.9. The molecule has 0 fully saturated rings. The lowest BCUT2D eigenvalue weighted by molar-refractivity contribution is -0.137. The predicted octanol–water partition coefficient (Wildman–Crippen LogP) is 6.11. The summed E-state index contributed by atoms with van der Waals surface area (Å²) >= 11 is 6.11. The van der Waals surface area contributed by atoms with Crippen molar-refractivity contribution in [3.05, 3.63) is 80.9 Å². The smallest absolute Gasteiger partial charge is 0.358 e. The molecule has 3 rings (SSSR count). The maximum atomic E-state index is 12.9. The zero-order chi connectivity index (χ0) is 24.4. The first-order chi connectivity index (χ1) is 15.4. The molecule has 2 aromatic carbocycles. The van der Waals surface area contributed by atoms with E-state index in [0.29, 0.717) is 22.9 Å². The molecule has 0 saturated carbocycles. The van der Waals surface area contributed by atoms with Crippen molar-refractivity contribution in [3.8, 4) is 0 Å². The molecule has 0 aliphatic rings. The Labute approximate surface area is 194 Å². The number of allylic oxidation sites excluding steroid dienone is 1. The molecule has 0 radical (unpaired) electrons. The number of rotatable bonds is 7. The third-order valence-electron chi connectivity index (χ3n) is 5.10. The molecule has 0 aliphatic carbocycles. The molecule has 0 saturated heterocycles. The Morgan fingerprint density at radius 2 is 1.91 bits per heavy atom. The first-order valence-electron chi connectivity index (χ1n) is 10.1. The number of nitrogens with one attached hydrogen (secondary N) is 2. The highest BCUT2D eigenvalue weighted by atomic mass is 35.5. The molecule has 0 bridgehead atoms. The number of carbonyl (C=O) groups excluding carboxylic acids is 1. The number of hydrogen-bond donors (Lipinski definition) is 2. The first kappa shape index (κ1) is 24.9. The molecule has 0 atom stereocenters. The van der Waals surface area contributed by atoms with Crippen LogP contribution in [-0.4, -0.2) is 19.3 Å². The van der Waals surface area contributed by atoms with Gasteiger partial charge in [0.05, 0.1) is 5.56 Å². The van der Waals surface area contributed by atoms with Gasteiger partial charge in [0.1, 0.15) is 0 Å². The van der Waals surface area contributed by atoms with Crippen LogP contribution in [0.15, 0.2) is 47.9 Å². The van der Waals surface area contributed by atoms with Crippen molar-refractivity contribution in [2.45, 2.75) is 39.3 Å². The van der Waals surface area contributed by atoms with Crippen molar-refractivity contribution in [1.29, 1.82) is 0 Å². The highest BCUT2D eigenvalue weighted by molar-refractivity contribution is 7.92. The number of fused-ring (bicyclic) bond motifs is 1. The van der Waals surface area contributed by atoms with Crippen LogP contribution in [0, 0.1) is 6.92 Å². The fourth-order valence-corrected chi connectivity index (χ4v) is 4.47. The maximum Gasteiger partial charge on any atom is 0.416 e. The second-order valence-corrected chi connectivity index (χ2v) is 9.58. The molecule has 0 unspecified atom stereocenters. The number of aryl methyl sites for hydroxylation is 1. The van der Waals surface area contributed by atoms with E-state index >= 15 is 0 Å². The lowest BCUT2D eigenvalue weighted by atomic mass is 9.99. The summed E-state index contributed by atoms with van der Waals surface area (Å²) in [5.41, 5.74) is 1.99. The Bertz CT molecular complexity index is 1330. The molecule has 5 nitrogen and oxygen atoms in total. The van der Waals surface area contributed by atoms with Crippen LogP contribution in [-0.2, 0) is 22.6 Å². The first-order valence-corrected chi connectivity index (χ1v) is 12.0. The number of aromatic amines is 1. The Kier molecular flexibility index (Phi) is 7.23. The molecular weight excluding hydrogens is 477 g/mol. The summed E-state index contributed by atoms with van der Waals surface area (Å²) in [4.78, 5) is 15.7. The maximum absolute atomic E-state index is 12.9. The van der Waals surface area contributed by atoms with Gasteiger partial charge in [0.15, 0.2) is 0 Å². The van der Waals surface area contributed by atoms with Gasteiger partial charge in [-0.3, -0.25) is 4.79 Å². The van der Waals surface area contributed by atoms with Gasteiger partial charge in [-0.15, -0.1) is 0 Å². The second kappa shape index (κ2) is 9.61. The molecule has 33 heavy (non-hydrogen) atoms. The normalized spacial score (nSPS) is 12.5. The topological polar surface area (TPSA) is 79.0 Å². The SMILES string of the molecule is CCC/C=C/S(=O)(=O)NC(=O)c1ccc2[nH]c(C)c(Cc3ccc(C(F)(F)F)cc3Cl)c2c1. The van der Waals surface area contributed by atoms with E-state index in [9.17, 15) is 26.4 Å². The lowest BCUT2D eigenvalue weighted by Gasteiger charge is -2.10. The van der Waals surface area contributed by atoms with Gasteiger partial charge in [0.2, 0.25) is 0 Å². The van der Waals surface area contributed by atoms with Crippen molar-refractivity contribution in [1.82, 2.24) is 9.71 Å². The number of H-pyrrole nitrogens is 1. The minimum atomic E-state index is -4.49. The van der Waals surface area contributed by atoms with Crippen LogP contribution in [0.3, 0.4) is 0 Å². The van der Waals surface area contributed by atoms with E-state index in [1.807, 2.05) is 11.6 Å². The van der Waals surface area contributed by atoms with Gasteiger partial charge in [-0.05, 0) is 54.8 Å². The molecule has 10 heteroatoms. The molecule has 1 amide bonds. The predicted molar refractivity (Wildman–Crippen MR) is 123 cm³/mol. The molecular formula is C23H22ClF3N2O3S. The van der Waals surface area contributed by atoms with E-state index in [1.165, 1.54) is 18.2 Å². The minimum Gasteiger partial charge on any atom is -0.358 e. The molecule has 1 aromatic heterocycles. The monoisotopic (exact) mass is 498 g/mol. The lowest BCUT2D eigenvalue weighted by Crippen LogP contribution is -2.28. The number of benzene rings is 2. The number of unbranched alkanes of at least 4 members (excludes halogenated alkanes) is 1. The third kappa shape index (κ3) is 5.97. The van der Waals surface area contributed by atoms with E-state index < -0.39 is 27.7 Å². The molecule has 1 heterocycles. The zero-order valence-electron chi connectivity index (χ0n) is 17.9. The number of amides is 1. The van der Waals surface area contributed by atoms with Crippen molar-refractivity contribution >= 4 is 38.4 Å². The van der Waals surface area contributed by atoms with Crippen LogP contribution < -0.4 is 4.72 Å². The van der Waals surface area contributed by atoms with Crippen LogP contribution in [0.1, 0.15) is 52.5 Å².